The van der Waals surface area contributed by atoms with Crippen molar-refractivity contribution in [3.05, 3.63) is 100 Å². The summed E-state index contributed by atoms with van der Waals surface area (Å²) >= 11 is 0. The monoisotopic (exact) mass is 418 g/mol. The summed E-state index contributed by atoms with van der Waals surface area (Å²) in [6.45, 7) is 3.42. The maximum Gasteiger partial charge on any atom is 0.347 e. The van der Waals surface area contributed by atoms with Gasteiger partial charge in [0.2, 0.25) is 0 Å². The quantitative estimate of drug-likeness (QED) is 0.267. The Balaban J connectivity index is 2.13. The Morgan fingerprint density at radius 3 is 2.29 bits per heavy atom. The third-order valence-electron chi connectivity index (χ3n) is 4.77. The molecule has 0 saturated carbocycles. The van der Waals surface area contributed by atoms with Crippen LogP contribution in [0.4, 0.5) is 4.39 Å². The second-order valence-electron chi connectivity index (χ2n) is 6.88. The van der Waals surface area contributed by atoms with Crippen LogP contribution < -0.4 is 9.47 Å². The van der Waals surface area contributed by atoms with E-state index in [9.17, 15) is 9.59 Å². The van der Waals surface area contributed by atoms with Gasteiger partial charge in [-0.25, -0.2) is 9.18 Å². The van der Waals surface area contributed by atoms with Crippen molar-refractivity contribution >= 4 is 18.3 Å². The van der Waals surface area contributed by atoms with Gasteiger partial charge in [0.25, 0.3) is 0 Å². The fourth-order valence-corrected chi connectivity index (χ4v) is 3.29. The normalized spacial score (nSPS) is 10.8. The number of hydrogen-bond donors (Lipinski definition) is 0. The van der Waals surface area contributed by atoms with Crippen LogP contribution in [0.3, 0.4) is 0 Å². The Morgan fingerprint density at radius 2 is 1.68 bits per heavy atom. The second kappa shape index (κ2) is 10.3. The van der Waals surface area contributed by atoms with Crippen molar-refractivity contribution in [1.82, 2.24) is 0 Å². The number of carbonyl (C=O) groups excluding carboxylic acids is 2. The highest BCUT2D eigenvalue weighted by Crippen LogP contribution is 2.36. The minimum atomic E-state index is -0.728. The van der Waals surface area contributed by atoms with E-state index in [1.54, 1.807) is 49.4 Å². The van der Waals surface area contributed by atoms with Crippen molar-refractivity contribution < 1.29 is 23.5 Å². The summed E-state index contributed by atoms with van der Waals surface area (Å²) in [6, 6.07) is 18.0. The molecule has 0 aliphatic carbocycles. The third kappa shape index (κ3) is 5.07. The first-order valence-corrected chi connectivity index (χ1v) is 9.92. The Labute approximate surface area is 180 Å². The molecule has 0 heterocycles. The van der Waals surface area contributed by atoms with Crippen molar-refractivity contribution in [2.24, 2.45) is 0 Å². The second-order valence-corrected chi connectivity index (χ2v) is 6.88. The molecule has 0 atom stereocenters. The van der Waals surface area contributed by atoms with Crippen LogP contribution in [-0.2, 0) is 17.8 Å². The van der Waals surface area contributed by atoms with E-state index in [0.29, 0.717) is 17.6 Å². The van der Waals surface area contributed by atoms with Crippen LogP contribution in [0, 0.1) is 12.7 Å². The van der Waals surface area contributed by atoms with Crippen LogP contribution >= 0.6 is 0 Å². The zero-order valence-corrected chi connectivity index (χ0v) is 17.4. The summed E-state index contributed by atoms with van der Waals surface area (Å²) in [5.74, 6) is -0.814. The van der Waals surface area contributed by atoms with Crippen LogP contribution in [0.25, 0.3) is 6.08 Å². The number of para-hydroxylation sites is 1. The summed E-state index contributed by atoms with van der Waals surface area (Å²) in [5.41, 5.74) is 1.50. The molecule has 0 aliphatic rings. The molecule has 158 valence electrons. The first-order chi connectivity index (χ1) is 15.1. The minimum Gasteiger partial charge on any atom is -0.487 e. The maximum atomic E-state index is 15.2. The molecule has 0 amide bonds. The molecular formula is C26H23FO4. The number of rotatable bonds is 8. The van der Waals surface area contributed by atoms with Crippen molar-refractivity contribution in [3.63, 3.8) is 0 Å². The maximum absolute atomic E-state index is 15.2. The number of carbonyl (C=O) groups is 2. The highest BCUT2D eigenvalue weighted by molar-refractivity contribution is 5.97. The number of esters is 1. The Kier molecular flexibility index (Phi) is 7.33. The lowest BCUT2D eigenvalue weighted by Crippen LogP contribution is -2.17. The highest BCUT2D eigenvalue weighted by atomic mass is 19.1. The summed E-state index contributed by atoms with van der Waals surface area (Å²) < 4.78 is 26.8. The number of benzene rings is 3. The van der Waals surface area contributed by atoms with Crippen molar-refractivity contribution in [2.45, 2.75) is 26.9 Å². The number of ether oxygens (including phenoxy) is 2. The van der Waals surface area contributed by atoms with Gasteiger partial charge in [-0.3, -0.25) is 0 Å². The lowest BCUT2D eigenvalue weighted by molar-refractivity contribution is -0.107. The molecule has 0 bridgehead atoms. The standard InChI is InChI=1S/C26H23FO4/c1-3-10-22-21(15-16-28)24(27)18(2)23(26(29)31-20-13-8-5-9-14-20)25(22)30-17-19-11-6-4-7-12-19/h3-14,16H,15,17H2,1-2H3/b10-3+. The van der Waals surface area contributed by atoms with Gasteiger partial charge in [-0.15, -0.1) is 0 Å². The van der Waals surface area contributed by atoms with Gasteiger partial charge in [-0.05, 0) is 31.5 Å². The van der Waals surface area contributed by atoms with Crippen molar-refractivity contribution in [2.75, 3.05) is 0 Å². The molecule has 3 aromatic rings. The zero-order valence-electron chi connectivity index (χ0n) is 17.4. The van der Waals surface area contributed by atoms with E-state index in [4.69, 9.17) is 9.47 Å². The topological polar surface area (TPSA) is 52.6 Å². The van der Waals surface area contributed by atoms with Gasteiger partial charge in [0.1, 0.15) is 35.8 Å². The van der Waals surface area contributed by atoms with E-state index in [1.807, 2.05) is 30.3 Å². The van der Waals surface area contributed by atoms with E-state index in [-0.39, 0.29) is 35.5 Å². The molecule has 0 spiro atoms. The first kappa shape index (κ1) is 22.0. The van der Waals surface area contributed by atoms with Crippen molar-refractivity contribution in [3.8, 4) is 11.5 Å². The van der Waals surface area contributed by atoms with Crippen molar-refractivity contribution in [1.29, 1.82) is 0 Å². The van der Waals surface area contributed by atoms with E-state index in [2.05, 4.69) is 0 Å². The van der Waals surface area contributed by atoms with Gasteiger partial charge in [0, 0.05) is 23.1 Å². The molecule has 4 nitrogen and oxygen atoms in total. The Bertz CT molecular complexity index is 1090. The molecule has 0 radical (unpaired) electrons. The molecule has 0 fully saturated rings. The van der Waals surface area contributed by atoms with Crippen LogP contribution in [0.2, 0.25) is 0 Å². The first-order valence-electron chi connectivity index (χ1n) is 9.92. The van der Waals surface area contributed by atoms with Crippen LogP contribution in [0.15, 0.2) is 66.7 Å². The SMILES string of the molecule is C/C=C/c1c(CC=O)c(F)c(C)c(C(=O)Oc2ccccc2)c1OCc1ccccc1. The summed E-state index contributed by atoms with van der Waals surface area (Å²) in [4.78, 5) is 24.3. The lowest BCUT2D eigenvalue weighted by atomic mass is 9.94. The molecule has 3 rings (SSSR count). The zero-order chi connectivity index (χ0) is 22.2. The van der Waals surface area contributed by atoms with Gasteiger partial charge in [-0.2, -0.15) is 0 Å². The molecule has 31 heavy (non-hydrogen) atoms. The van der Waals surface area contributed by atoms with Crippen LogP contribution in [0.1, 0.15) is 39.5 Å². The van der Waals surface area contributed by atoms with Gasteiger partial charge in [0.05, 0.1) is 0 Å². The summed E-state index contributed by atoms with van der Waals surface area (Å²) in [6.07, 6.45) is 3.84. The van der Waals surface area contributed by atoms with Gasteiger partial charge in [-0.1, -0.05) is 60.7 Å². The predicted octanol–water partition coefficient (Wildman–Crippen LogP) is 5.71. The Hall–Kier alpha value is -3.73. The van der Waals surface area contributed by atoms with Gasteiger partial charge in [0.15, 0.2) is 0 Å². The average Bonchev–Trinajstić information content (AvgIpc) is 2.79. The Morgan fingerprint density at radius 1 is 1.03 bits per heavy atom. The molecular weight excluding hydrogens is 395 g/mol. The lowest BCUT2D eigenvalue weighted by Gasteiger charge is -2.20. The number of hydrogen-bond acceptors (Lipinski definition) is 4. The van der Waals surface area contributed by atoms with E-state index in [0.717, 1.165) is 5.56 Å². The average molecular weight is 418 g/mol. The fourth-order valence-electron chi connectivity index (χ4n) is 3.29. The summed E-state index contributed by atoms with van der Waals surface area (Å²) in [7, 11) is 0. The van der Waals surface area contributed by atoms with Crippen LogP contribution in [-0.4, -0.2) is 12.3 Å². The highest BCUT2D eigenvalue weighted by Gasteiger charge is 2.27. The largest absolute Gasteiger partial charge is 0.487 e. The van der Waals surface area contributed by atoms with Gasteiger partial charge < -0.3 is 14.3 Å². The third-order valence-corrected chi connectivity index (χ3v) is 4.77. The predicted molar refractivity (Wildman–Crippen MR) is 118 cm³/mol. The van der Waals surface area contributed by atoms with E-state index >= 15 is 4.39 Å². The van der Waals surface area contributed by atoms with E-state index < -0.39 is 11.8 Å². The number of allylic oxidation sites excluding steroid dienone is 1. The summed E-state index contributed by atoms with van der Waals surface area (Å²) in [5, 5.41) is 0. The van der Waals surface area contributed by atoms with Gasteiger partial charge >= 0.3 is 5.97 Å². The molecule has 0 aromatic heterocycles. The minimum absolute atomic E-state index is 0.0000307. The molecule has 0 aliphatic heterocycles. The fraction of sp³-hybridized carbons (Fsp3) is 0.154. The molecule has 3 aromatic carbocycles. The smallest absolute Gasteiger partial charge is 0.347 e. The molecule has 5 heteroatoms. The number of halogens is 1. The number of aldehydes is 1. The van der Waals surface area contributed by atoms with Crippen LogP contribution in [0.5, 0.6) is 11.5 Å². The van der Waals surface area contributed by atoms with E-state index in [1.165, 1.54) is 6.92 Å². The molecule has 0 N–H and O–H groups in total. The molecule has 0 saturated heterocycles. The molecule has 0 unspecified atom stereocenters.